The van der Waals surface area contributed by atoms with Crippen LogP contribution in [0, 0.1) is 47.3 Å². The van der Waals surface area contributed by atoms with Gasteiger partial charge in [0.25, 0.3) is 0 Å². The smallest absolute Gasteiger partial charge is 0.155 e. The third kappa shape index (κ3) is 2.23. The first-order valence-electron chi connectivity index (χ1n) is 9.50. The predicted octanol–water partition coefficient (Wildman–Crippen LogP) is 3.74. The molecule has 0 aromatic heterocycles. The highest BCUT2D eigenvalue weighted by molar-refractivity contribution is 5.91. The van der Waals surface area contributed by atoms with Crippen molar-refractivity contribution in [1.29, 1.82) is 0 Å². The summed E-state index contributed by atoms with van der Waals surface area (Å²) in [6.45, 7) is 0.146. The molecule has 2 nitrogen and oxygen atoms in total. The van der Waals surface area contributed by atoms with Crippen molar-refractivity contribution in [3.63, 3.8) is 0 Å². The molecule has 0 saturated heterocycles. The molecule has 0 aromatic carbocycles. The van der Waals surface area contributed by atoms with Crippen LogP contribution >= 0.6 is 0 Å². The third-order valence-corrected chi connectivity index (χ3v) is 7.79. The second-order valence-corrected chi connectivity index (χ2v) is 8.37. The van der Waals surface area contributed by atoms with Gasteiger partial charge in [-0.25, -0.2) is 0 Å². The van der Waals surface area contributed by atoms with Gasteiger partial charge in [0.1, 0.15) is 0 Å². The maximum atomic E-state index is 11.8. The average Bonchev–Trinajstić information content (AvgIpc) is 3.00. The van der Waals surface area contributed by atoms with Crippen LogP contribution in [-0.2, 0) is 4.79 Å². The number of terminal acetylenes is 1. The maximum absolute atomic E-state index is 11.8. The van der Waals surface area contributed by atoms with Crippen LogP contribution in [0.15, 0.2) is 11.6 Å². The predicted molar refractivity (Wildman–Crippen MR) is 90.4 cm³/mol. The van der Waals surface area contributed by atoms with Gasteiger partial charge >= 0.3 is 0 Å². The third-order valence-electron chi connectivity index (χ3n) is 7.79. The van der Waals surface area contributed by atoms with Crippen LogP contribution in [0.25, 0.3) is 0 Å². The Morgan fingerprint density at radius 3 is 2.87 bits per heavy atom. The fourth-order valence-electron chi connectivity index (χ4n) is 6.89. The van der Waals surface area contributed by atoms with Crippen LogP contribution in [0.4, 0.5) is 0 Å². The number of aliphatic hydroxyl groups excluding tert-OH is 1. The Kier molecular flexibility index (Phi) is 3.88. The molecule has 3 saturated carbocycles. The van der Waals surface area contributed by atoms with Crippen LogP contribution in [0.1, 0.15) is 57.8 Å². The lowest BCUT2D eigenvalue weighted by Crippen LogP contribution is -2.49. The van der Waals surface area contributed by atoms with E-state index in [0.717, 1.165) is 31.1 Å². The van der Waals surface area contributed by atoms with Crippen molar-refractivity contribution in [2.24, 2.45) is 35.0 Å². The lowest BCUT2D eigenvalue weighted by Gasteiger charge is -2.55. The highest BCUT2D eigenvalue weighted by Crippen LogP contribution is 2.64. The number of aliphatic hydroxyl groups is 1. The number of hydrogen-bond acceptors (Lipinski definition) is 2. The number of ketones is 1. The highest BCUT2D eigenvalue weighted by Gasteiger charge is 2.56. The van der Waals surface area contributed by atoms with E-state index in [1.807, 2.05) is 6.08 Å². The Morgan fingerprint density at radius 1 is 1.22 bits per heavy atom. The van der Waals surface area contributed by atoms with Gasteiger partial charge in [0.05, 0.1) is 6.61 Å². The van der Waals surface area contributed by atoms with Gasteiger partial charge in [-0.15, -0.1) is 12.3 Å². The normalized spacial score (nSPS) is 43.7. The summed E-state index contributed by atoms with van der Waals surface area (Å²) < 4.78 is 0. The molecular weight excluding hydrogens is 284 g/mol. The van der Waals surface area contributed by atoms with E-state index in [0.29, 0.717) is 17.6 Å². The molecule has 1 N–H and O–H groups in total. The fourth-order valence-corrected chi connectivity index (χ4v) is 6.89. The summed E-state index contributed by atoms with van der Waals surface area (Å²) in [5.41, 5.74) is 1.65. The molecule has 4 rings (SSSR count). The van der Waals surface area contributed by atoms with Crippen molar-refractivity contribution in [2.45, 2.75) is 57.8 Å². The quantitative estimate of drug-likeness (QED) is 0.789. The second-order valence-electron chi connectivity index (χ2n) is 8.37. The van der Waals surface area contributed by atoms with E-state index in [1.165, 1.54) is 44.1 Å². The Labute approximate surface area is 139 Å². The van der Waals surface area contributed by atoms with E-state index in [1.54, 1.807) is 0 Å². The first-order chi connectivity index (χ1) is 11.2. The minimum atomic E-state index is 0.0424. The number of carbonyl (C=O) groups excluding carboxylic acids is 1. The van der Waals surface area contributed by atoms with Crippen LogP contribution in [0.3, 0.4) is 0 Å². The molecule has 0 heterocycles. The summed E-state index contributed by atoms with van der Waals surface area (Å²) in [5.74, 6) is 6.21. The van der Waals surface area contributed by atoms with Gasteiger partial charge in [-0.1, -0.05) is 12.0 Å². The summed E-state index contributed by atoms with van der Waals surface area (Å²) in [6.07, 6.45) is 18.1. The molecule has 0 radical (unpaired) electrons. The summed E-state index contributed by atoms with van der Waals surface area (Å²) >= 11 is 0. The van der Waals surface area contributed by atoms with Crippen molar-refractivity contribution in [2.75, 3.05) is 6.61 Å². The van der Waals surface area contributed by atoms with Crippen molar-refractivity contribution in [1.82, 2.24) is 0 Å². The Balaban J connectivity index is 1.63. The molecule has 4 aliphatic rings. The lowest BCUT2D eigenvalue weighted by molar-refractivity contribution is -0.116. The van der Waals surface area contributed by atoms with E-state index in [-0.39, 0.29) is 17.9 Å². The molecule has 3 fully saturated rings. The van der Waals surface area contributed by atoms with Gasteiger partial charge in [0.2, 0.25) is 0 Å². The number of rotatable bonds is 2. The van der Waals surface area contributed by atoms with E-state index < -0.39 is 0 Å². The minimum absolute atomic E-state index is 0.0424. The molecule has 0 aromatic rings. The van der Waals surface area contributed by atoms with Crippen LogP contribution < -0.4 is 0 Å². The van der Waals surface area contributed by atoms with E-state index in [2.05, 4.69) is 5.92 Å². The van der Waals surface area contributed by atoms with Crippen molar-refractivity contribution in [3.8, 4) is 12.3 Å². The first-order valence-corrected chi connectivity index (χ1v) is 9.50. The van der Waals surface area contributed by atoms with Crippen LogP contribution in [0.5, 0.6) is 0 Å². The van der Waals surface area contributed by atoms with Crippen molar-refractivity contribution in [3.05, 3.63) is 11.6 Å². The number of allylic oxidation sites excluding steroid dienone is 1. The largest absolute Gasteiger partial charge is 0.395 e. The molecule has 23 heavy (non-hydrogen) atoms. The Hall–Kier alpha value is -1.07. The average molecular weight is 312 g/mol. The topological polar surface area (TPSA) is 37.3 Å². The highest BCUT2D eigenvalue weighted by atomic mass is 16.3. The van der Waals surface area contributed by atoms with Gasteiger partial charge in [0.15, 0.2) is 5.78 Å². The van der Waals surface area contributed by atoms with Gasteiger partial charge in [-0.2, -0.15) is 0 Å². The molecule has 2 heteroatoms. The lowest BCUT2D eigenvalue weighted by atomic mass is 9.49. The molecule has 1 unspecified atom stereocenters. The molecule has 0 aliphatic heterocycles. The number of hydrogen-bond donors (Lipinski definition) is 1. The number of carbonyl (C=O) groups is 1. The molecule has 4 aliphatic carbocycles. The zero-order chi connectivity index (χ0) is 16.0. The van der Waals surface area contributed by atoms with Crippen molar-refractivity contribution >= 4 is 5.78 Å². The summed E-state index contributed by atoms with van der Waals surface area (Å²) in [7, 11) is 0. The summed E-state index contributed by atoms with van der Waals surface area (Å²) in [6, 6.07) is 0. The van der Waals surface area contributed by atoms with E-state index in [4.69, 9.17) is 6.42 Å². The maximum Gasteiger partial charge on any atom is 0.155 e. The molecule has 124 valence electrons. The number of fused-ring (bicyclic) bond motifs is 5. The molecule has 6 atom stereocenters. The van der Waals surface area contributed by atoms with Gasteiger partial charge in [-0.3, -0.25) is 4.79 Å². The monoisotopic (exact) mass is 312 g/mol. The van der Waals surface area contributed by atoms with Gasteiger partial charge < -0.3 is 5.11 Å². The summed E-state index contributed by atoms with van der Waals surface area (Å²) in [5, 5.41) is 9.84. The van der Waals surface area contributed by atoms with Crippen LogP contribution in [-0.4, -0.2) is 17.5 Å². The van der Waals surface area contributed by atoms with Gasteiger partial charge in [-0.05, 0) is 80.1 Å². The van der Waals surface area contributed by atoms with E-state index in [9.17, 15) is 9.90 Å². The molecule has 0 amide bonds. The van der Waals surface area contributed by atoms with Crippen LogP contribution in [0.2, 0.25) is 0 Å². The fraction of sp³-hybridized carbons (Fsp3) is 0.762. The SMILES string of the molecule is C#CC(CO)[C@@]12CCC[C@H]1[C@@H]1CCC3=CC(=O)CC[C@@H]3[C@H]1CC2. The summed E-state index contributed by atoms with van der Waals surface area (Å²) in [4.78, 5) is 11.8. The van der Waals surface area contributed by atoms with Crippen molar-refractivity contribution < 1.29 is 9.90 Å². The van der Waals surface area contributed by atoms with Gasteiger partial charge in [0, 0.05) is 12.3 Å². The minimum Gasteiger partial charge on any atom is -0.395 e. The molecule has 0 bridgehead atoms. The standard InChI is InChI=1S/C21H28O2/c1-2-15(13-22)21-10-3-4-20(21)19-7-5-14-12-16(23)6-8-17(14)18(19)9-11-21/h1,12,15,17-20,22H,3-11,13H2/t15?,17-,18+,19+,20-,21-/m0/s1. The second kappa shape index (κ2) is 5.78. The zero-order valence-corrected chi connectivity index (χ0v) is 14.0. The molecule has 0 spiro atoms. The first kappa shape index (κ1) is 15.5. The van der Waals surface area contributed by atoms with E-state index >= 15 is 0 Å². The zero-order valence-electron chi connectivity index (χ0n) is 14.0. The Morgan fingerprint density at radius 2 is 2.09 bits per heavy atom. The Bertz CT molecular complexity index is 569. The molecular formula is C21H28O2.